The van der Waals surface area contributed by atoms with E-state index >= 15 is 0 Å². The topological polar surface area (TPSA) is 26.9 Å². The van der Waals surface area contributed by atoms with Gasteiger partial charge in [-0.05, 0) is 30.4 Å². The minimum absolute atomic E-state index is 0.0543. The number of hydrogen-bond donors (Lipinski definition) is 0. The smallest absolute Gasteiger partial charge is 0.266 e. The molecule has 0 N–H and O–H groups in total. The third-order valence-corrected chi connectivity index (χ3v) is 3.58. The van der Waals surface area contributed by atoms with Crippen molar-refractivity contribution in [3.05, 3.63) is 58.0 Å². The van der Waals surface area contributed by atoms with Gasteiger partial charge in [-0.3, -0.25) is 9.48 Å². The van der Waals surface area contributed by atoms with Crippen molar-refractivity contribution >= 4 is 0 Å². The molecule has 0 aliphatic rings. The number of nitrogens with zero attached hydrogens (tertiary/aromatic N) is 2. The van der Waals surface area contributed by atoms with E-state index in [0.29, 0.717) is 6.54 Å². The molecule has 3 nitrogen and oxygen atoms in total. The zero-order valence-corrected chi connectivity index (χ0v) is 13.1. The molecule has 0 aliphatic heterocycles. The van der Waals surface area contributed by atoms with E-state index in [9.17, 15) is 4.79 Å². The molecule has 108 valence electrons. The number of aromatic nitrogens is 2. The Morgan fingerprint density at radius 2 is 1.65 bits per heavy atom. The van der Waals surface area contributed by atoms with Crippen LogP contribution in [0, 0.1) is 0 Å². The molecule has 0 spiro atoms. The highest BCUT2D eigenvalue weighted by Gasteiger charge is 2.13. The Morgan fingerprint density at radius 3 is 2.15 bits per heavy atom. The van der Waals surface area contributed by atoms with E-state index in [2.05, 4.69) is 58.9 Å². The molecule has 0 atom stereocenters. The molecule has 2 aromatic rings. The summed E-state index contributed by atoms with van der Waals surface area (Å²) in [6, 6.07) is 10.5. The first-order valence-corrected chi connectivity index (χ1v) is 7.16. The van der Waals surface area contributed by atoms with Gasteiger partial charge in [0.05, 0.1) is 6.54 Å². The summed E-state index contributed by atoms with van der Waals surface area (Å²) in [7, 11) is 0. The summed E-state index contributed by atoms with van der Waals surface area (Å²) < 4.78 is 3.77. The zero-order chi connectivity index (χ0) is 14.9. The van der Waals surface area contributed by atoms with Crippen molar-refractivity contribution in [1.29, 1.82) is 0 Å². The average molecular weight is 272 g/mol. The van der Waals surface area contributed by atoms with E-state index in [4.69, 9.17) is 0 Å². The molecule has 3 heteroatoms. The second kappa shape index (κ2) is 5.31. The third-order valence-electron chi connectivity index (χ3n) is 3.58. The van der Waals surface area contributed by atoms with Crippen LogP contribution in [-0.4, -0.2) is 9.36 Å². The van der Waals surface area contributed by atoms with Crippen molar-refractivity contribution < 1.29 is 0 Å². The summed E-state index contributed by atoms with van der Waals surface area (Å²) in [6.07, 6.45) is 1.86. The van der Waals surface area contributed by atoms with Crippen LogP contribution in [0.15, 0.2) is 41.3 Å². The van der Waals surface area contributed by atoms with E-state index < -0.39 is 0 Å². The summed E-state index contributed by atoms with van der Waals surface area (Å²) in [5.41, 5.74) is 2.68. The average Bonchev–Trinajstić information content (AvgIpc) is 2.71. The molecule has 0 saturated heterocycles. The van der Waals surface area contributed by atoms with E-state index in [1.165, 1.54) is 5.56 Å². The fraction of sp³-hybridized carbons (Fsp3) is 0.471. The van der Waals surface area contributed by atoms with Gasteiger partial charge in [-0.15, -0.1) is 0 Å². The van der Waals surface area contributed by atoms with Crippen molar-refractivity contribution in [1.82, 2.24) is 9.36 Å². The highest BCUT2D eigenvalue weighted by molar-refractivity contribution is 5.27. The van der Waals surface area contributed by atoms with Gasteiger partial charge in [-0.2, -0.15) is 0 Å². The van der Waals surface area contributed by atoms with E-state index in [0.717, 1.165) is 5.56 Å². The van der Waals surface area contributed by atoms with Crippen molar-refractivity contribution in [3.63, 3.8) is 0 Å². The fourth-order valence-electron chi connectivity index (χ4n) is 2.31. The first-order chi connectivity index (χ1) is 9.29. The Morgan fingerprint density at radius 1 is 1.05 bits per heavy atom. The molecule has 1 aromatic carbocycles. The Balaban J connectivity index is 2.27. The second-order valence-electron chi connectivity index (χ2n) is 6.63. The van der Waals surface area contributed by atoms with E-state index in [-0.39, 0.29) is 17.0 Å². The van der Waals surface area contributed by atoms with E-state index in [1.54, 1.807) is 10.7 Å². The molecule has 0 bridgehead atoms. The summed E-state index contributed by atoms with van der Waals surface area (Å²) in [6.45, 7) is 11.4. The summed E-state index contributed by atoms with van der Waals surface area (Å²) in [4.78, 5) is 11.9. The third kappa shape index (κ3) is 3.03. The van der Waals surface area contributed by atoms with Gasteiger partial charge in [0.2, 0.25) is 0 Å². The van der Waals surface area contributed by atoms with E-state index in [1.807, 2.05) is 10.9 Å². The van der Waals surface area contributed by atoms with Gasteiger partial charge in [0.25, 0.3) is 5.56 Å². The maximum Gasteiger partial charge on any atom is 0.266 e. The van der Waals surface area contributed by atoms with Crippen molar-refractivity contribution in [2.24, 2.45) is 0 Å². The van der Waals surface area contributed by atoms with Crippen LogP contribution in [0.1, 0.15) is 51.8 Å². The maximum atomic E-state index is 11.9. The summed E-state index contributed by atoms with van der Waals surface area (Å²) >= 11 is 0. The first-order valence-electron chi connectivity index (χ1n) is 7.16. The minimum Gasteiger partial charge on any atom is -0.287 e. The highest BCUT2D eigenvalue weighted by Crippen LogP contribution is 2.22. The molecule has 0 unspecified atom stereocenters. The normalized spacial score (nSPS) is 12.1. The molecule has 0 amide bonds. The van der Waals surface area contributed by atoms with Crippen LogP contribution in [0.4, 0.5) is 0 Å². The molecule has 0 fully saturated rings. The second-order valence-corrected chi connectivity index (χ2v) is 6.63. The Hall–Kier alpha value is -1.77. The Kier molecular flexibility index (Phi) is 3.89. The summed E-state index contributed by atoms with van der Waals surface area (Å²) in [5.74, 6) is 0. The van der Waals surface area contributed by atoms with Crippen LogP contribution in [0.5, 0.6) is 0 Å². The fourth-order valence-corrected chi connectivity index (χ4v) is 2.31. The molecule has 1 heterocycles. The van der Waals surface area contributed by atoms with Gasteiger partial charge in [0.15, 0.2) is 0 Å². The maximum absolute atomic E-state index is 11.9. The van der Waals surface area contributed by atoms with Gasteiger partial charge >= 0.3 is 0 Å². The zero-order valence-electron chi connectivity index (χ0n) is 13.1. The molecular weight excluding hydrogens is 248 g/mol. The van der Waals surface area contributed by atoms with Gasteiger partial charge in [-0.25, -0.2) is 4.68 Å². The van der Waals surface area contributed by atoms with Crippen LogP contribution in [0.3, 0.4) is 0 Å². The minimum atomic E-state index is 0.0543. The molecule has 0 radical (unpaired) electrons. The lowest BCUT2D eigenvalue weighted by Gasteiger charge is -2.20. The number of benzene rings is 1. The highest BCUT2D eigenvalue weighted by atomic mass is 16.1. The molecular formula is C17H24N2O. The van der Waals surface area contributed by atoms with Gasteiger partial charge < -0.3 is 0 Å². The van der Waals surface area contributed by atoms with Crippen molar-refractivity contribution in [2.75, 3.05) is 0 Å². The largest absolute Gasteiger partial charge is 0.287 e. The standard InChI is InChI=1S/C17H24N2O/c1-13(2)18-11-10-16(20)19(18)12-14-6-8-15(9-7-14)17(3,4)5/h6-11,13H,12H2,1-5H3. The lowest BCUT2D eigenvalue weighted by Crippen LogP contribution is -2.24. The van der Waals surface area contributed by atoms with Crippen molar-refractivity contribution in [3.8, 4) is 0 Å². The lowest BCUT2D eigenvalue weighted by atomic mass is 9.87. The van der Waals surface area contributed by atoms with Crippen LogP contribution >= 0.6 is 0 Å². The number of rotatable bonds is 3. The van der Waals surface area contributed by atoms with Crippen LogP contribution in [0.25, 0.3) is 0 Å². The predicted molar refractivity (Wildman–Crippen MR) is 83.3 cm³/mol. The lowest BCUT2D eigenvalue weighted by molar-refractivity contribution is 0.421. The molecule has 1 aromatic heterocycles. The molecule has 0 saturated carbocycles. The van der Waals surface area contributed by atoms with Crippen molar-refractivity contribution in [2.45, 2.75) is 52.6 Å². The van der Waals surface area contributed by atoms with Crippen LogP contribution in [-0.2, 0) is 12.0 Å². The molecule has 0 aliphatic carbocycles. The Bertz CT molecular complexity index is 624. The van der Waals surface area contributed by atoms with Crippen LogP contribution in [0.2, 0.25) is 0 Å². The van der Waals surface area contributed by atoms with Crippen LogP contribution < -0.4 is 5.56 Å². The van der Waals surface area contributed by atoms with Gasteiger partial charge in [0, 0.05) is 18.3 Å². The monoisotopic (exact) mass is 272 g/mol. The summed E-state index contributed by atoms with van der Waals surface area (Å²) in [5, 5.41) is 0. The Labute approximate surface area is 120 Å². The first kappa shape index (κ1) is 14.6. The predicted octanol–water partition coefficient (Wildman–Crippen LogP) is 3.58. The quantitative estimate of drug-likeness (QED) is 0.839. The SMILES string of the molecule is CC(C)n1ccc(=O)n1Cc1ccc(C(C)(C)C)cc1. The molecule has 2 rings (SSSR count). The molecule has 20 heavy (non-hydrogen) atoms. The van der Waals surface area contributed by atoms with Gasteiger partial charge in [0.1, 0.15) is 0 Å². The number of hydrogen-bond acceptors (Lipinski definition) is 1. The van der Waals surface area contributed by atoms with Gasteiger partial charge in [-0.1, -0.05) is 45.0 Å².